The third-order valence-corrected chi connectivity index (χ3v) is 1.30. The zero-order valence-corrected chi connectivity index (χ0v) is 5.77. The van der Waals surface area contributed by atoms with Gasteiger partial charge in [0.2, 0.25) is 0 Å². The van der Waals surface area contributed by atoms with Crippen LogP contribution in [0.2, 0.25) is 0 Å². The van der Waals surface area contributed by atoms with Gasteiger partial charge in [0, 0.05) is 0 Å². The van der Waals surface area contributed by atoms with Crippen LogP contribution < -0.4 is 8.40 Å². The van der Waals surface area contributed by atoms with Crippen LogP contribution in [0.4, 0.5) is 0 Å². The van der Waals surface area contributed by atoms with E-state index >= 15 is 0 Å². The molecule has 0 bridgehead atoms. The first-order valence-electron chi connectivity index (χ1n) is 1.85. The van der Waals surface area contributed by atoms with Crippen molar-refractivity contribution < 1.29 is 27.0 Å². The lowest BCUT2D eigenvalue weighted by molar-refractivity contribution is -1.63. The van der Waals surface area contributed by atoms with Crippen LogP contribution in [0.3, 0.4) is 0 Å². The normalized spacial score (nSPS) is 11.1. The highest BCUT2D eigenvalue weighted by atomic mass is 80.0. The van der Waals surface area contributed by atoms with Gasteiger partial charge in [-0.15, -0.1) is 0 Å². The van der Waals surface area contributed by atoms with Crippen LogP contribution in [0.5, 0.6) is 0 Å². The monoisotopic (exact) mass is 170 g/mol. The van der Waals surface area contributed by atoms with Gasteiger partial charge < -0.3 is 8.40 Å². The Labute approximate surface area is 47.7 Å². The quantitative estimate of drug-likeness (QED) is 0.507. The predicted molar refractivity (Wildman–Crippen MR) is 16.2 cm³/mol. The lowest BCUT2D eigenvalue weighted by Gasteiger charge is -1.92. The van der Waals surface area contributed by atoms with Crippen molar-refractivity contribution in [3.05, 3.63) is 0 Å². The standard InChI is InChI=1S/C3H7BrO3/c1-3(2)7-4(5)6/h3H,1-2H3. The molecule has 7 heavy (non-hydrogen) atoms. The molecule has 0 radical (unpaired) electrons. The van der Waals surface area contributed by atoms with Gasteiger partial charge in [-0.3, -0.25) is 0 Å². The Morgan fingerprint density at radius 3 is 1.86 bits per heavy atom. The van der Waals surface area contributed by atoms with Crippen LogP contribution in [0, 0.1) is 14.8 Å². The van der Waals surface area contributed by atoms with E-state index in [4.69, 9.17) is 0 Å². The highest BCUT2D eigenvalue weighted by Crippen LogP contribution is 1.87. The molecule has 0 heterocycles. The van der Waals surface area contributed by atoms with Crippen molar-refractivity contribution in [3.8, 4) is 0 Å². The van der Waals surface area contributed by atoms with E-state index in [2.05, 4.69) is 3.83 Å². The maximum absolute atomic E-state index is 9.66. The molecule has 0 unspecified atom stereocenters. The second-order valence-corrected chi connectivity index (χ2v) is 2.49. The van der Waals surface area contributed by atoms with Gasteiger partial charge in [0.15, 0.2) is 6.10 Å². The third kappa shape index (κ3) is 6.36. The molecule has 0 amide bonds. The molecule has 0 aromatic rings. The predicted octanol–water partition coefficient (Wildman–Crippen LogP) is -1.50. The summed E-state index contributed by atoms with van der Waals surface area (Å²) in [5.74, 6) is 0. The maximum Gasteiger partial charge on any atom is 0.436 e. The van der Waals surface area contributed by atoms with E-state index in [1.165, 1.54) is 0 Å². The topological polar surface area (TPSA) is 55.3 Å². The summed E-state index contributed by atoms with van der Waals surface area (Å²) in [5, 5.41) is 0. The van der Waals surface area contributed by atoms with Crippen molar-refractivity contribution in [1.82, 2.24) is 0 Å². The van der Waals surface area contributed by atoms with E-state index in [1.54, 1.807) is 13.8 Å². The lowest BCUT2D eigenvalue weighted by atomic mass is 10.5. The Morgan fingerprint density at radius 1 is 1.43 bits per heavy atom. The maximum atomic E-state index is 9.66. The van der Waals surface area contributed by atoms with Crippen LogP contribution in [0.25, 0.3) is 0 Å². The van der Waals surface area contributed by atoms with Crippen LogP contribution in [-0.4, -0.2) is 6.10 Å². The minimum atomic E-state index is -2.95. The molecule has 3 nitrogen and oxygen atoms in total. The van der Waals surface area contributed by atoms with E-state index in [9.17, 15) is 8.40 Å². The fourth-order valence-corrected chi connectivity index (χ4v) is 0.756. The molecule has 0 aromatic heterocycles. The molecule has 4 heteroatoms. The molecular weight excluding hydrogens is 164 g/mol. The van der Waals surface area contributed by atoms with E-state index in [-0.39, 0.29) is 6.10 Å². The highest BCUT2D eigenvalue weighted by Gasteiger charge is 2.12. The summed E-state index contributed by atoms with van der Waals surface area (Å²) in [6.07, 6.45) is -0.204. The van der Waals surface area contributed by atoms with Crippen LogP contribution in [0.1, 0.15) is 13.8 Å². The summed E-state index contributed by atoms with van der Waals surface area (Å²) in [7, 11) is 0. The summed E-state index contributed by atoms with van der Waals surface area (Å²) in [6, 6.07) is 0. The summed E-state index contributed by atoms with van der Waals surface area (Å²) >= 11 is -2.95. The van der Waals surface area contributed by atoms with Crippen LogP contribution >= 0.6 is 0 Å². The fraction of sp³-hybridized carbons (Fsp3) is 1.00. The average Bonchev–Trinajstić information content (AvgIpc) is 1.27. The summed E-state index contributed by atoms with van der Waals surface area (Å²) in [6.45, 7) is 3.34. The van der Waals surface area contributed by atoms with Crippen LogP contribution in [-0.2, 0) is 3.83 Å². The van der Waals surface area contributed by atoms with Crippen molar-refractivity contribution in [3.63, 3.8) is 0 Å². The second-order valence-electron chi connectivity index (χ2n) is 1.33. The van der Waals surface area contributed by atoms with Gasteiger partial charge in [0.1, 0.15) is 0 Å². The summed E-state index contributed by atoms with van der Waals surface area (Å²) in [4.78, 5) is 0. The molecule has 0 aliphatic carbocycles. The van der Waals surface area contributed by atoms with Gasteiger partial charge in [-0.1, -0.05) is 0 Å². The number of halogens is 1. The largest absolute Gasteiger partial charge is 0.436 e. The van der Waals surface area contributed by atoms with Gasteiger partial charge in [-0.25, -0.2) is 0 Å². The zero-order valence-electron chi connectivity index (χ0n) is 4.18. The molecule has 0 aliphatic rings. The van der Waals surface area contributed by atoms with Gasteiger partial charge in [-0.2, -0.15) is 0 Å². The second kappa shape index (κ2) is 3.37. The Morgan fingerprint density at radius 2 is 1.86 bits per heavy atom. The molecule has 0 aromatic carbocycles. The minimum Gasteiger partial charge on any atom is -0.372 e. The summed E-state index contributed by atoms with van der Waals surface area (Å²) in [5.41, 5.74) is 0. The molecule has 0 atom stereocenters. The Balaban J connectivity index is 2.95. The zero-order chi connectivity index (χ0) is 5.86. The van der Waals surface area contributed by atoms with Crippen LogP contribution in [0.15, 0.2) is 0 Å². The van der Waals surface area contributed by atoms with E-state index in [0.717, 1.165) is 0 Å². The van der Waals surface area contributed by atoms with Crippen molar-refractivity contribution in [2.75, 3.05) is 0 Å². The first-order valence-corrected chi connectivity index (χ1v) is 3.80. The smallest absolute Gasteiger partial charge is 0.372 e. The van der Waals surface area contributed by atoms with E-state index in [0.29, 0.717) is 0 Å². The van der Waals surface area contributed by atoms with E-state index in [1.807, 2.05) is 0 Å². The molecule has 0 N–H and O–H groups in total. The highest BCUT2D eigenvalue weighted by molar-refractivity contribution is 4.23. The third-order valence-electron chi connectivity index (χ3n) is 0.251. The van der Waals surface area contributed by atoms with Crippen molar-refractivity contribution in [2.45, 2.75) is 20.0 Å². The van der Waals surface area contributed by atoms with Gasteiger partial charge >= 0.3 is 14.8 Å². The van der Waals surface area contributed by atoms with Gasteiger partial charge in [0.25, 0.3) is 0 Å². The Hall–Kier alpha value is 0.360. The Kier molecular flexibility index (Phi) is 3.55. The molecule has 0 spiro atoms. The molecule has 0 aliphatic heterocycles. The molecule has 0 saturated carbocycles. The SMILES string of the molecule is CC(C)O[Br+2]([O-])[O-]. The van der Waals surface area contributed by atoms with Crippen molar-refractivity contribution in [1.29, 1.82) is 0 Å². The van der Waals surface area contributed by atoms with Crippen molar-refractivity contribution in [2.24, 2.45) is 0 Å². The van der Waals surface area contributed by atoms with Gasteiger partial charge in [-0.05, 0) is 17.7 Å². The van der Waals surface area contributed by atoms with E-state index < -0.39 is 14.8 Å². The molecule has 44 valence electrons. The lowest BCUT2D eigenvalue weighted by Crippen LogP contribution is -2.36. The molecule has 0 rings (SSSR count). The number of hydrogen-bond acceptors (Lipinski definition) is 3. The minimum absolute atomic E-state index is 0.204. The molecule has 0 saturated heterocycles. The molecular formula is C3H7BrO3. The van der Waals surface area contributed by atoms with Gasteiger partial charge in [0.05, 0.1) is 0 Å². The van der Waals surface area contributed by atoms with Crippen molar-refractivity contribution >= 4 is 0 Å². The first-order chi connectivity index (χ1) is 3.13. The molecule has 0 fully saturated rings. The summed E-state index contributed by atoms with van der Waals surface area (Å²) < 4.78 is 23.6. The first kappa shape index (κ1) is 7.36. The fourth-order valence-electron chi connectivity index (χ4n) is 0.145. The number of hydrogen-bond donors (Lipinski definition) is 0. The average molecular weight is 171 g/mol. The number of rotatable bonds is 2. The Bertz CT molecular complexity index is 39.4.